The van der Waals surface area contributed by atoms with Crippen LogP contribution in [0, 0.1) is 6.92 Å². The molecule has 0 radical (unpaired) electrons. The van der Waals surface area contributed by atoms with Crippen molar-refractivity contribution in [3.05, 3.63) is 82.9 Å². The van der Waals surface area contributed by atoms with Crippen molar-refractivity contribution in [1.82, 2.24) is 13.5 Å². The fourth-order valence-electron chi connectivity index (χ4n) is 3.25. The zero-order chi connectivity index (χ0) is 22.7. The number of anilines is 1. The van der Waals surface area contributed by atoms with Crippen LogP contribution in [0.1, 0.15) is 11.1 Å². The molecule has 0 spiro atoms. The number of nitrogens with zero attached hydrogens (tertiary/aromatic N) is 2. The van der Waals surface area contributed by atoms with Gasteiger partial charge >= 0.3 is 0 Å². The van der Waals surface area contributed by atoms with Crippen LogP contribution in [0.3, 0.4) is 0 Å². The molecular weight excluding hydrogens is 468 g/mol. The highest BCUT2D eigenvalue weighted by molar-refractivity contribution is 7.89. The average molecular weight is 487 g/mol. The Morgan fingerprint density at radius 1 is 1.03 bits per heavy atom. The van der Waals surface area contributed by atoms with Gasteiger partial charge in [0.25, 0.3) is 0 Å². The normalized spacial score (nSPS) is 12.6. The molecule has 1 heterocycles. The fourth-order valence-corrected chi connectivity index (χ4v) is 5.39. The van der Waals surface area contributed by atoms with Crippen LogP contribution in [-0.4, -0.2) is 29.1 Å². The van der Waals surface area contributed by atoms with Gasteiger partial charge < -0.3 is 5.32 Å². The van der Waals surface area contributed by atoms with Gasteiger partial charge in [0.15, 0.2) is 0 Å². The predicted molar refractivity (Wildman–Crippen MR) is 126 cm³/mol. The highest BCUT2D eigenvalue weighted by atomic mass is 35.5. The Balaban J connectivity index is 1.66. The lowest BCUT2D eigenvalue weighted by Gasteiger charge is -2.20. The summed E-state index contributed by atoms with van der Waals surface area (Å²) in [7, 11) is -4.06. The van der Waals surface area contributed by atoms with Crippen LogP contribution in [0.25, 0.3) is 11.0 Å². The molecule has 0 unspecified atom stereocenters. The van der Waals surface area contributed by atoms with E-state index in [-0.39, 0.29) is 16.8 Å². The largest absolute Gasteiger partial charge is 0.324 e. The van der Waals surface area contributed by atoms with E-state index >= 15 is 0 Å². The number of nitrogens with one attached hydrogen (secondary N) is 2. The number of halogens is 1. The highest BCUT2D eigenvalue weighted by Gasteiger charge is 2.28. The van der Waals surface area contributed by atoms with Gasteiger partial charge in [-0.2, -0.15) is 13.5 Å². The summed E-state index contributed by atoms with van der Waals surface area (Å²) < 4.78 is 37.3. The second kappa shape index (κ2) is 9.33. The third kappa shape index (κ3) is 4.81. The highest BCUT2D eigenvalue weighted by Crippen LogP contribution is 2.24. The number of amides is 1. The van der Waals surface area contributed by atoms with Gasteiger partial charge in [-0.05, 0) is 48.7 Å². The van der Waals surface area contributed by atoms with Gasteiger partial charge in [-0.25, -0.2) is 8.42 Å². The molecule has 0 fully saturated rings. The van der Waals surface area contributed by atoms with Crippen LogP contribution in [0.2, 0.25) is 5.02 Å². The van der Waals surface area contributed by atoms with E-state index in [2.05, 4.69) is 18.8 Å². The molecule has 10 heteroatoms. The molecule has 3 aromatic carbocycles. The van der Waals surface area contributed by atoms with Crippen LogP contribution in [0.5, 0.6) is 0 Å². The quantitative estimate of drug-likeness (QED) is 0.408. The Kier molecular flexibility index (Phi) is 6.52. The number of hydrogen-bond acceptors (Lipinski definition) is 6. The maximum Gasteiger partial charge on any atom is 0.243 e. The van der Waals surface area contributed by atoms with Gasteiger partial charge in [-0.3, -0.25) is 4.79 Å². The van der Waals surface area contributed by atoms with E-state index in [0.717, 1.165) is 17.3 Å². The summed E-state index contributed by atoms with van der Waals surface area (Å²) in [6.07, 6.45) is 0.164. The maximum atomic E-state index is 13.2. The van der Waals surface area contributed by atoms with Crippen molar-refractivity contribution >= 4 is 56.0 Å². The maximum absolute atomic E-state index is 13.2. The van der Waals surface area contributed by atoms with Gasteiger partial charge in [0.2, 0.25) is 15.9 Å². The molecule has 4 aromatic rings. The van der Waals surface area contributed by atoms with Crippen molar-refractivity contribution in [2.24, 2.45) is 0 Å². The van der Waals surface area contributed by atoms with Crippen molar-refractivity contribution in [2.75, 3.05) is 5.32 Å². The number of hydrogen-bond donors (Lipinski definition) is 2. The van der Waals surface area contributed by atoms with Gasteiger partial charge in [0.05, 0.1) is 11.7 Å². The van der Waals surface area contributed by atoms with E-state index in [0.29, 0.717) is 21.8 Å². The second-order valence-electron chi connectivity index (χ2n) is 7.15. The van der Waals surface area contributed by atoms with E-state index in [1.807, 2.05) is 30.3 Å². The molecule has 0 bridgehead atoms. The molecule has 0 saturated carbocycles. The zero-order valence-corrected chi connectivity index (χ0v) is 19.3. The molecule has 32 heavy (non-hydrogen) atoms. The minimum Gasteiger partial charge on any atom is -0.324 e. The van der Waals surface area contributed by atoms with E-state index in [1.165, 1.54) is 6.07 Å². The Morgan fingerprint density at radius 3 is 2.56 bits per heavy atom. The minimum absolute atomic E-state index is 0.0199. The first kappa shape index (κ1) is 22.3. The first-order valence-corrected chi connectivity index (χ1v) is 12.3. The number of rotatable bonds is 7. The summed E-state index contributed by atoms with van der Waals surface area (Å²) in [4.78, 5) is 13.2. The zero-order valence-electron chi connectivity index (χ0n) is 16.9. The van der Waals surface area contributed by atoms with E-state index in [9.17, 15) is 13.2 Å². The monoisotopic (exact) mass is 486 g/mol. The summed E-state index contributed by atoms with van der Waals surface area (Å²) in [5.74, 6) is -0.494. The molecule has 0 aliphatic carbocycles. The Hall–Kier alpha value is -2.85. The van der Waals surface area contributed by atoms with Crippen LogP contribution in [0.4, 0.5) is 5.69 Å². The number of fused-ring (bicyclic) bond motifs is 1. The first-order chi connectivity index (χ1) is 15.3. The molecule has 2 N–H and O–H groups in total. The fraction of sp³-hybridized carbons (Fsp3) is 0.136. The summed E-state index contributed by atoms with van der Waals surface area (Å²) in [6, 6.07) is 18.0. The van der Waals surface area contributed by atoms with Gasteiger partial charge in [0.1, 0.15) is 22.0 Å². The Labute approximate surface area is 194 Å². The molecule has 0 aliphatic heterocycles. The molecule has 164 valence electrons. The molecule has 7 nitrogen and oxygen atoms in total. The van der Waals surface area contributed by atoms with Gasteiger partial charge in [0, 0.05) is 10.7 Å². The predicted octanol–water partition coefficient (Wildman–Crippen LogP) is 4.18. The van der Waals surface area contributed by atoms with Crippen molar-refractivity contribution in [3.63, 3.8) is 0 Å². The van der Waals surface area contributed by atoms with Gasteiger partial charge in [-0.1, -0.05) is 54.1 Å². The molecule has 1 aromatic heterocycles. The smallest absolute Gasteiger partial charge is 0.243 e. The van der Waals surface area contributed by atoms with Gasteiger partial charge in [-0.15, -0.1) is 0 Å². The molecule has 0 saturated heterocycles. The lowest BCUT2D eigenvalue weighted by molar-refractivity contribution is -0.117. The lowest BCUT2D eigenvalue weighted by Crippen LogP contribution is -2.45. The van der Waals surface area contributed by atoms with Crippen LogP contribution < -0.4 is 10.0 Å². The molecule has 1 amide bonds. The molecule has 4 rings (SSSR count). The summed E-state index contributed by atoms with van der Waals surface area (Å²) in [5, 5.41) is 3.31. The third-order valence-electron chi connectivity index (χ3n) is 4.96. The second-order valence-corrected chi connectivity index (χ2v) is 9.77. The van der Waals surface area contributed by atoms with Crippen molar-refractivity contribution in [2.45, 2.75) is 24.3 Å². The van der Waals surface area contributed by atoms with Crippen molar-refractivity contribution in [3.8, 4) is 0 Å². The Bertz CT molecular complexity index is 1370. The first-order valence-electron chi connectivity index (χ1n) is 9.68. The van der Waals surface area contributed by atoms with Crippen molar-refractivity contribution in [1.29, 1.82) is 0 Å². The lowest BCUT2D eigenvalue weighted by atomic mass is 10.1. The Morgan fingerprint density at radius 2 is 1.78 bits per heavy atom. The molecular formula is C22H19ClN4O3S2. The number of carbonyl (C=O) groups excluding carboxylic acids is 1. The standard InChI is InChI=1S/C22H19ClN4O3S2/c1-14-16(23)9-5-10-17(14)24-22(28)19(13-15-7-3-2-4-8-15)27-32(29,30)20-12-6-11-18-21(20)26-31-25-18/h2-12,19,27H,13H2,1H3,(H,24,28)/t19-/m0/s1. The van der Waals surface area contributed by atoms with Crippen LogP contribution in [-0.2, 0) is 21.2 Å². The average Bonchev–Trinajstić information content (AvgIpc) is 3.26. The number of aromatic nitrogens is 2. The van der Waals surface area contributed by atoms with E-state index in [1.54, 1.807) is 37.3 Å². The molecule has 0 aliphatic rings. The van der Waals surface area contributed by atoms with E-state index in [4.69, 9.17) is 11.6 Å². The van der Waals surface area contributed by atoms with Crippen LogP contribution >= 0.6 is 23.3 Å². The topological polar surface area (TPSA) is 101 Å². The van der Waals surface area contributed by atoms with Crippen LogP contribution in [0.15, 0.2) is 71.6 Å². The summed E-state index contributed by atoms with van der Waals surface area (Å²) in [6.45, 7) is 1.78. The van der Waals surface area contributed by atoms with Crippen molar-refractivity contribution < 1.29 is 13.2 Å². The number of carbonyl (C=O) groups is 1. The van der Waals surface area contributed by atoms with E-state index < -0.39 is 22.0 Å². The summed E-state index contributed by atoms with van der Waals surface area (Å²) >= 11 is 7.09. The third-order valence-corrected chi connectivity index (χ3v) is 7.42. The SMILES string of the molecule is Cc1c(Cl)cccc1NC(=O)[C@H](Cc1ccccc1)NS(=O)(=O)c1cccc2nsnc12. The number of benzene rings is 3. The minimum atomic E-state index is -4.06. The summed E-state index contributed by atoms with van der Waals surface area (Å²) in [5.41, 5.74) is 2.78. The molecule has 1 atom stereocenters. The number of sulfonamides is 1.